The number of ether oxygens (including phenoxy) is 2. The zero-order chi connectivity index (χ0) is 43.6. The number of aromatic nitrogens is 2. The van der Waals surface area contributed by atoms with Gasteiger partial charge in [-0.2, -0.15) is 10.3 Å². The second-order valence-corrected chi connectivity index (χ2v) is 29.0. The molecular formula is C38H65N9O9Si2. The first-order chi connectivity index (χ1) is 26.7. The topological polar surface area (TPSA) is 226 Å². The Bertz CT molecular complexity index is 1840. The molecule has 1 aromatic heterocycles. The van der Waals surface area contributed by atoms with Crippen molar-refractivity contribution in [2.75, 3.05) is 26.2 Å². The van der Waals surface area contributed by atoms with E-state index < -0.39 is 88.2 Å². The second kappa shape index (κ2) is 18.0. The number of hydroxylamine groups is 2. The van der Waals surface area contributed by atoms with Crippen molar-refractivity contribution in [3.63, 3.8) is 0 Å². The predicted octanol–water partition coefficient (Wildman–Crippen LogP) is 5.56. The number of aromatic amines is 1. The normalized spacial score (nSPS) is 27.2. The van der Waals surface area contributed by atoms with Crippen molar-refractivity contribution in [1.82, 2.24) is 24.8 Å². The molecule has 1 aromatic rings. The average molecular weight is 848 g/mol. The van der Waals surface area contributed by atoms with Gasteiger partial charge in [0.2, 0.25) is 5.91 Å². The zero-order valence-electron chi connectivity index (χ0n) is 36.5. The van der Waals surface area contributed by atoms with Crippen LogP contribution in [0.25, 0.3) is 10.4 Å². The molecule has 2 N–H and O–H groups in total. The number of likely N-dealkylation sites (tertiary alicyclic amines) is 1. The highest BCUT2D eigenvalue weighted by Crippen LogP contribution is 2.49. The maximum Gasteiger partial charge on any atom is 0.407 e. The Labute approximate surface area is 343 Å². The summed E-state index contributed by atoms with van der Waals surface area (Å²) < 4.78 is 28.2. The summed E-state index contributed by atoms with van der Waals surface area (Å²) in [5.74, 6) is -1.11. The number of azide groups is 1. The molecule has 58 heavy (non-hydrogen) atoms. The molecule has 20 heteroatoms. The summed E-state index contributed by atoms with van der Waals surface area (Å²) >= 11 is 0. The summed E-state index contributed by atoms with van der Waals surface area (Å²) in [6.07, 6.45) is -2.97. The van der Waals surface area contributed by atoms with E-state index in [1.807, 2.05) is 0 Å². The van der Waals surface area contributed by atoms with Crippen LogP contribution in [0.5, 0.6) is 0 Å². The highest BCUT2D eigenvalue weighted by atomic mass is 28.4. The lowest BCUT2D eigenvalue weighted by atomic mass is 9.81. The van der Waals surface area contributed by atoms with E-state index in [1.165, 1.54) is 16.8 Å². The van der Waals surface area contributed by atoms with Gasteiger partial charge in [0.05, 0.1) is 24.4 Å². The largest absolute Gasteiger partial charge is 0.444 e. The first-order valence-electron chi connectivity index (χ1n) is 20.1. The molecule has 2 amide bonds. The molecule has 3 aliphatic heterocycles. The maximum atomic E-state index is 14.9. The monoisotopic (exact) mass is 847 g/mol. The van der Waals surface area contributed by atoms with Crippen molar-refractivity contribution in [2.24, 2.45) is 11.0 Å². The number of nitriles is 1. The van der Waals surface area contributed by atoms with Gasteiger partial charge in [0.15, 0.2) is 22.9 Å². The van der Waals surface area contributed by atoms with E-state index in [9.17, 15) is 30.0 Å². The summed E-state index contributed by atoms with van der Waals surface area (Å²) in [4.78, 5) is 66.9. The lowest BCUT2D eigenvalue weighted by molar-refractivity contribution is -0.202. The van der Waals surface area contributed by atoms with Crippen LogP contribution in [0, 0.1) is 17.2 Å². The number of hydrogen-bond donors (Lipinski definition) is 2. The molecule has 0 saturated carbocycles. The van der Waals surface area contributed by atoms with E-state index in [1.54, 1.807) is 30.7 Å². The summed E-state index contributed by atoms with van der Waals surface area (Å²) in [6.45, 7) is 27.2. The maximum absolute atomic E-state index is 14.9. The van der Waals surface area contributed by atoms with Gasteiger partial charge in [-0.3, -0.25) is 24.0 Å². The predicted molar refractivity (Wildman–Crippen MR) is 221 cm³/mol. The van der Waals surface area contributed by atoms with E-state index >= 15 is 0 Å². The number of amides is 2. The van der Waals surface area contributed by atoms with E-state index in [2.05, 4.69) is 94.1 Å². The Balaban J connectivity index is 1.86. The molecule has 3 fully saturated rings. The minimum absolute atomic E-state index is 0.00621. The van der Waals surface area contributed by atoms with Crippen molar-refractivity contribution >= 4 is 28.6 Å². The number of piperidine rings is 1. The second-order valence-electron chi connectivity index (χ2n) is 19.5. The highest BCUT2D eigenvalue weighted by molar-refractivity contribution is 6.74. The number of H-pyrrole nitrogens is 1. The molecule has 0 spiro atoms. The van der Waals surface area contributed by atoms with Crippen LogP contribution in [0.2, 0.25) is 36.3 Å². The van der Waals surface area contributed by atoms with Crippen LogP contribution >= 0.6 is 0 Å². The number of fused-ring (bicyclic) bond motifs is 1. The van der Waals surface area contributed by atoms with Gasteiger partial charge in [-0.25, -0.2) is 9.59 Å². The Morgan fingerprint density at radius 2 is 1.64 bits per heavy atom. The third-order valence-electron chi connectivity index (χ3n) is 12.1. The summed E-state index contributed by atoms with van der Waals surface area (Å²) in [5, 5.41) is 17.4. The number of rotatable bonds is 14. The quantitative estimate of drug-likeness (QED) is 0.0775. The first-order valence-corrected chi connectivity index (χ1v) is 26.0. The number of alkyl carbamates (subject to hydrolysis) is 1. The molecule has 18 nitrogen and oxygen atoms in total. The van der Waals surface area contributed by atoms with Gasteiger partial charge in [0.1, 0.15) is 30.0 Å². The lowest BCUT2D eigenvalue weighted by Crippen LogP contribution is -2.60. The van der Waals surface area contributed by atoms with Gasteiger partial charge in [0.25, 0.3) is 5.56 Å². The molecular weight excluding hydrogens is 783 g/mol. The fourth-order valence-corrected chi connectivity index (χ4v) is 9.70. The summed E-state index contributed by atoms with van der Waals surface area (Å²) in [7, 11) is -5.29. The molecule has 4 heterocycles. The minimum atomic E-state index is -2.66. The third-order valence-corrected chi connectivity index (χ3v) is 21.1. The number of hydrogen-bond acceptors (Lipinski definition) is 12. The van der Waals surface area contributed by atoms with Crippen LogP contribution in [0.4, 0.5) is 4.79 Å². The molecule has 0 aromatic carbocycles. The Kier molecular flexibility index (Phi) is 14.6. The van der Waals surface area contributed by atoms with E-state index in [4.69, 9.17) is 23.2 Å². The zero-order valence-corrected chi connectivity index (χ0v) is 38.5. The molecule has 3 unspecified atom stereocenters. The first kappa shape index (κ1) is 47.1. The standard InChI is InChI=1S/C38H65N9O9Si2/c1-36(2,3)53-35(51)41-18-15-20-47-25-22-24(23-42-44-40)45(19-14-17-39)32(49)27(25)28(54-47)29-30(55-57(10,11)37(4,5)6)31(56-58(12,13)38(7,8)9)33(52-29)46-21-16-26(48)43-34(46)50/h16,21,24-25,27-31,33H,14-15,18-20,22-23H2,1-13H3,(H,41,51)(H,43,48,50)/t24-,25?,27?,28?,29+,30+,31+,33+/m0/s1. The molecule has 3 aliphatic rings. The molecule has 0 bridgehead atoms. The Hall–Kier alpha value is -3.55. The van der Waals surface area contributed by atoms with Gasteiger partial charge < -0.3 is 28.5 Å². The smallest absolute Gasteiger partial charge is 0.407 e. The summed E-state index contributed by atoms with van der Waals surface area (Å²) in [6, 6.07) is 2.36. The van der Waals surface area contributed by atoms with Crippen molar-refractivity contribution < 1.29 is 32.8 Å². The minimum Gasteiger partial charge on any atom is -0.444 e. The van der Waals surface area contributed by atoms with Crippen LogP contribution in [0.15, 0.2) is 27.0 Å². The molecule has 0 radical (unpaired) electrons. The fourth-order valence-electron chi connectivity index (χ4n) is 7.11. The van der Waals surface area contributed by atoms with Crippen LogP contribution in [0.3, 0.4) is 0 Å². The van der Waals surface area contributed by atoms with E-state index in [0.717, 1.165) is 0 Å². The lowest BCUT2D eigenvalue weighted by Gasteiger charge is -2.45. The van der Waals surface area contributed by atoms with E-state index in [0.29, 0.717) is 19.4 Å². The SMILES string of the molecule is CC(C)(C)OC(=O)NCCCN1OC([C@H]2O[C@@H](n3ccc(=O)[nH]c3=O)[C@H](O[Si](C)(C)C(C)(C)C)[C@@H]2O[Si](C)(C)C(C)(C)C)C2C(=O)N(CCC#N)[C@H](CN=[N+]=[N-])CC21. The van der Waals surface area contributed by atoms with Gasteiger partial charge in [-0.15, -0.1) is 0 Å². The molecule has 0 aliphatic carbocycles. The fraction of sp³-hybridized carbons (Fsp3) is 0.816. The number of carbonyl (C=O) groups excluding carboxylic acids is 2. The molecule has 4 rings (SSSR count). The van der Waals surface area contributed by atoms with Gasteiger partial charge in [-0.1, -0.05) is 46.7 Å². The average Bonchev–Trinajstić information content (AvgIpc) is 3.60. The van der Waals surface area contributed by atoms with Crippen LogP contribution < -0.4 is 16.6 Å². The van der Waals surface area contributed by atoms with Crippen molar-refractivity contribution in [3.05, 3.63) is 43.5 Å². The third kappa shape index (κ3) is 10.8. The molecule has 324 valence electrons. The highest BCUT2D eigenvalue weighted by Gasteiger charge is 2.63. The van der Waals surface area contributed by atoms with Crippen LogP contribution in [-0.4, -0.2) is 116 Å². The molecule has 3 saturated heterocycles. The van der Waals surface area contributed by atoms with Crippen LogP contribution in [0.1, 0.15) is 87.8 Å². The van der Waals surface area contributed by atoms with Crippen molar-refractivity contribution in [2.45, 2.75) is 166 Å². The van der Waals surface area contributed by atoms with Crippen molar-refractivity contribution in [3.8, 4) is 6.07 Å². The summed E-state index contributed by atoms with van der Waals surface area (Å²) in [5.41, 5.74) is 7.32. The van der Waals surface area contributed by atoms with Gasteiger partial charge in [-0.05, 0) is 75.4 Å². The number of carbonyl (C=O) groups is 2. The van der Waals surface area contributed by atoms with Crippen LogP contribution in [-0.2, 0) is 28.0 Å². The Morgan fingerprint density at radius 1 is 1.02 bits per heavy atom. The van der Waals surface area contributed by atoms with Gasteiger partial charge in [0, 0.05) is 49.4 Å². The number of nitrogens with zero attached hydrogens (tertiary/aromatic N) is 7. The molecule has 8 atom stereocenters. The van der Waals surface area contributed by atoms with E-state index in [-0.39, 0.29) is 42.0 Å². The number of nitrogens with one attached hydrogen (secondary N) is 2. The van der Waals surface area contributed by atoms with Crippen molar-refractivity contribution in [1.29, 1.82) is 5.26 Å². The van der Waals surface area contributed by atoms with Gasteiger partial charge >= 0.3 is 11.8 Å². The Morgan fingerprint density at radius 3 is 2.19 bits per heavy atom.